The van der Waals surface area contributed by atoms with E-state index in [1.165, 1.54) is 5.56 Å². The van der Waals surface area contributed by atoms with Crippen LogP contribution in [0, 0.1) is 0 Å². The highest BCUT2D eigenvalue weighted by atomic mass is 15.3. The van der Waals surface area contributed by atoms with E-state index in [9.17, 15) is 0 Å². The number of benzene rings is 1. The van der Waals surface area contributed by atoms with Gasteiger partial charge in [-0.15, -0.1) is 0 Å². The average molecular weight is 265 g/mol. The van der Waals surface area contributed by atoms with Crippen molar-refractivity contribution in [2.24, 2.45) is 0 Å². The molecular weight excluding hydrogens is 250 g/mol. The SMILES string of the molecule is c1ccc(NCc2ccncn2)c(Cn2cccn2)c1. The number of nitrogens with zero attached hydrogens (tertiary/aromatic N) is 4. The highest BCUT2D eigenvalue weighted by Gasteiger charge is 2.03. The van der Waals surface area contributed by atoms with Crippen LogP contribution in [0.25, 0.3) is 0 Å². The Labute approximate surface area is 117 Å². The molecular formula is C15H15N5. The number of hydrogen-bond donors (Lipinski definition) is 1. The van der Waals surface area contributed by atoms with Crippen LogP contribution in [0.3, 0.4) is 0 Å². The van der Waals surface area contributed by atoms with Gasteiger partial charge in [0.05, 0.1) is 18.8 Å². The minimum Gasteiger partial charge on any atom is -0.379 e. The number of para-hydroxylation sites is 1. The van der Waals surface area contributed by atoms with Crippen LogP contribution >= 0.6 is 0 Å². The first-order chi connectivity index (χ1) is 9.92. The van der Waals surface area contributed by atoms with Crippen molar-refractivity contribution in [3.05, 3.63) is 72.6 Å². The van der Waals surface area contributed by atoms with Crippen LogP contribution in [-0.2, 0) is 13.1 Å². The summed E-state index contributed by atoms with van der Waals surface area (Å²) in [6, 6.07) is 12.1. The summed E-state index contributed by atoms with van der Waals surface area (Å²) in [4.78, 5) is 8.13. The van der Waals surface area contributed by atoms with Crippen molar-refractivity contribution in [3.8, 4) is 0 Å². The fourth-order valence-electron chi connectivity index (χ4n) is 2.01. The summed E-state index contributed by atoms with van der Waals surface area (Å²) in [7, 11) is 0. The van der Waals surface area contributed by atoms with E-state index in [4.69, 9.17) is 0 Å². The smallest absolute Gasteiger partial charge is 0.115 e. The molecule has 5 nitrogen and oxygen atoms in total. The minimum atomic E-state index is 0.679. The molecule has 0 saturated heterocycles. The van der Waals surface area contributed by atoms with Gasteiger partial charge in [0.1, 0.15) is 6.33 Å². The molecule has 100 valence electrons. The van der Waals surface area contributed by atoms with E-state index >= 15 is 0 Å². The van der Waals surface area contributed by atoms with E-state index in [0.717, 1.165) is 17.9 Å². The van der Waals surface area contributed by atoms with Crippen LogP contribution in [0.1, 0.15) is 11.3 Å². The van der Waals surface area contributed by atoms with Crippen LogP contribution in [0.2, 0.25) is 0 Å². The van der Waals surface area contributed by atoms with Crippen molar-refractivity contribution in [1.29, 1.82) is 0 Å². The lowest BCUT2D eigenvalue weighted by Gasteiger charge is -2.11. The number of rotatable bonds is 5. The summed E-state index contributed by atoms with van der Waals surface area (Å²) in [6.45, 7) is 1.43. The molecule has 0 fully saturated rings. The molecule has 0 aliphatic rings. The molecule has 1 N–H and O–H groups in total. The van der Waals surface area contributed by atoms with Crippen molar-refractivity contribution < 1.29 is 0 Å². The zero-order chi connectivity index (χ0) is 13.6. The van der Waals surface area contributed by atoms with Crippen LogP contribution in [-0.4, -0.2) is 19.7 Å². The highest BCUT2D eigenvalue weighted by Crippen LogP contribution is 2.16. The fourth-order valence-corrected chi connectivity index (χ4v) is 2.01. The summed E-state index contributed by atoms with van der Waals surface area (Å²) in [6.07, 6.45) is 7.06. The first-order valence-corrected chi connectivity index (χ1v) is 6.46. The molecule has 0 spiro atoms. The maximum absolute atomic E-state index is 4.24. The van der Waals surface area contributed by atoms with Gasteiger partial charge in [0.25, 0.3) is 0 Å². The Hall–Kier alpha value is -2.69. The second-order valence-corrected chi connectivity index (χ2v) is 4.42. The van der Waals surface area contributed by atoms with E-state index in [-0.39, 0.29) is 0 Å². The zero-order valence-electron chi connectivity index (χ0n) is 11.0. The molecule has 2 heterocycles. The fraction of sp³-hybridized carbons (Fsp3) is 0.133. The second kappa shape index (κ2) is 5.97. The van der Waals surface area contributed by atoms with Gasteiger partial charge in [-0.25, -0.2) is 9.97 Å². The van der Waals surface area contributed by atoms with Gasteiger partial charge in [0, 0.05) is 24.3 Å². The molecule has 1 aromatic carbocycles. The first-order valence-electron chi connectivity index (χ1n) is 6.46. The Morgan fingerprint density at radius 3 is 2.80 bits per heavy atom. The van der Waals surface area contributed by atoms with Crippen LogP contribution in [0.4, 0.5) is 5.69 Å². The molecule has 0 radical (unpaired) electrons. The molecule has 20 heavy (non-hydrogen) atoms. The average Bonchev–Trinajstić information content (AvgIpc) is 3.00. The molecule has 2 aromatic heterocycles. The topological polar surface area (TPSA) is 55.6 Å². The van der Waals surface area contributed by atoms with Crippen molar-refractivity contribution >= 4 is 5.69 Å². The molecule has 0 bridgehead atoms. The van der Waals surface area contributed by atoms with Crippen LogP contribution < -0.4 is 5.32 Å². The molecule has 0 aliphatic heterocycles. The van der Waals surface area contributed by atoms with Gasteiger partial charge in [-0.1, -0.05) is 18.2 Å². The molecule has 0 unspecified atom stereocenters. The van der Waals surface area contributed by atoms with Gasteiger partial charge in [0.15, 0.2) is 0 Å². The zero-order valence-corrected chi connectivity index (χ0v) is 11.0. The minimum absolute atomic E-state index is 0.679. The maximum Gasteiger partial charge on any atom is 0.115 e. The maximum atomic E-state index is 4.24. The Morgan fingerprint density at radius 2 is 2.00 bits per heavy atom. The Morgan fingerprint density at radius 1 is 1.05 bits per heavy atom. The molecule has 0 atom stereocenters. The Bertz CT molecular complexity index is 649. The summed E-state index contributed by atoms with van der Waals surface area (Å²) in [5.74, 6) is 0. The predicted octanol–water partition coefficient (Wildman–Crippen LogP) is 2.33. The molecule has 0 aliphatic carbocycles. The van der Waals surface area contributed by atoms with E-state index in [1.54, 1.807) is 18.7 Å². The van der Waals surface area contributed by atoms with Crippen molar-refractivity contribution in [2.45, 2.75) is 13.1 Å². The van der Waals surface area contributed by atoms with Gasteiger partial charge in [-0.05, 0) is 23.8 Å². The Kier molecular flexibility index (Phi) is 3.68. The monoisotopic (exact) mass is 265 g/mol. The summed E-state index contributed by atoms with van der Waals surface area (Å²) >= 11 is 0. The first kappa shape index (κ1) is 12.3. The normalized spacial score (nSPS) is 10.4. The van der Waals surface area contributed by atoms with Crippen LogP contribution in [0.15, 0.2) is 61.3 Å². The molecule has 3 rings (SSSR count). The van der Waals surface area contributed by atoms with E-state index in [2.05, 4.69) is 32.5 Å². The third-order valence-electron chi connectivity index (χ3n) is 3.01. The molecule has 0 amide bonds. The highest BCUT2D eigenvalue weighted by molar-refractivity contribution is 5.51. The third-order valence-corrected chi connectivity index (χ3v) is 3.01. The van der Waals surface area contributed by atoms with Crippen molar-refractivity contribution in [2.75, 3.05) is 5.32 Å². The largest absolute Gasteiger partial charge is 0.379 e. The standard InChI is InChI=1S/C15H15N5/c1-2-5-15(17-10-14-6-8-16-12-18-14)13(4-1)11-20-9-3-7-19-20/h1-9,12,17H,10-11H2. The van der Waals surface area contributed by atoms with Crippen molar-refractivity contribution in [1.82, 2.24) is 19.7 Å². The summed E-state index contributed by atoms with van der Waals surface area (Å²) in [5.41, 5.74) is 3.26. The summed E-state index contributed by atoms with van der Waals surface area (Å²) in [5, 5.41) is 7.65. The second-order valence-electron chi connectivity index (χ2n) is 4.42. The quantitative estimate of drug-likeness (QED) is 0.769. The lowest BCUT2D eigenvalue weighted by Crippen LogP contribution is -2.07. The number of aromatic nitrogens is 4. The number of nitrogens with one attached hydrogen (secondary N) is 1. The molecule has 0 saturated carbocycles. The molecule has 5 heteroatoms. The van der Waals surface area contributed by atoms with E-state index in [0.29, 0.717) is 6.54 Å². The van der Waals surface area contributed by atoms with E-state index < -0.39 is 0 Å². The molecule has 3 aromatic rings. The predicted molar refractivity (Wildman–Crippen MR) is 77.1 cm³/mol. The Balaban J connectivity index is 1.73. The number of hydrogen-bond acceptors (Lipinski definition) is 4. The van der Waals surface area contributed by atoms with Crippen molar-refractivity contribution in [3.63, 3.8) is 0 Å². The van der Waals surface area contributed by atoms with E-state index in [1.807, 2.05) is 35.1 Å². The van der Waals surface area contributed by atoms with Gasteiger partial charge in [-0.3, -0.25) is 4.68 Å². The third kappa shape index (κ3) is 3.00. The number of anilines is 1. The van der Waals surface area contributed by atoms with Gasteiger partial charge in [-0.2, -0.15) is 5.10 Å². The van der Waals surface area contributed by atoms with Gasteiger partial charge < -0.3 is 5.32 Å². The van der Waals surface area contributed by atoms with Crippen LogP contribution in [0.5, 0.6) is 0 Å². The lowest BCUT2D eigenvalue weighted by atomic mass is 10.1. The van der Waals surface area contributed by atoms with Gasteiger partial charge >= 0.3 is 0 Å². The van der Waals surface area contributed by atoms with Gasteiger partial charge in [0.2, 0.25) is 0 Å². The summed E-state index contributed by atoms with van der Waals surface area (Å²) < 4.78 is 1.91. The lowest BCUT2D eigenvalue weighted by molar-refractivity contribution is 0.687.